The number of hydrogen-bond donors (Lipinski definition) is 0. The molecule has 24 heavy (non-hydrogen) atoms. The predicted octanol–water partition coefficient (Wildman–Crippen LogP) is 6.38. The van der Waals surface area contributed by atoms with Gasteiger partial charge in [0.2, 0.25) is 0 Å². The second-order valence-corrected chi connectivity index (χ2v) is 6.14. The third-order valence-corrected chi connectivity index (χ3v) is 3.71. The second-order valence-electron chi connectivity index (χ2n) is 5.52. The Balaban J connectivity index is 0.000000272. The minimum absolute atomic E-state index is 0.941. The summed E-state index contributed by atoms with van der Waals surface area (Å²) in [5.41, 5.74) is 5.81. The van der Waals surface area contributed by atoms with Crippen molar-refractivity contribution in [3.63, 3.8) is 0 Å². The fourth-order valence-electron chi connectivity index (χ4n) is 2.04. The quantitative estimate of drug-likeness (QED) is 0.272. The van der Waals surface area contributed by atoms with Gasteiger partial charge in [-0.25, -0.2) is 0 Å². The monoisotopic (exact) mass is 332 g/mol. The lowest BCUT2D eigenvalue weighted by Crippen LogP contribution is -1.89. The van der Waals surface area contributed by atoms with E-state index in [-0.39, 0.29) is 0 Å². The summed E-state index contributed by atoms with van der Waals surface area (Å²) in [4.78, 5) is 0.941. The normalized spacial score (nSPS) is 10.7. The number of terminal acetylenes is 1. The Morgan fingerprint density at radius 3 is 2.12 bits per heavy atom. The van der Waals surface area contributed by atoms with Gasteiger partial charge in [0.25, 0.3) is 0 Å². The Morgan fingerprint density at radius 1 is 1.04 bits per heavy atom. The molecule has 0 aliphatic heterocycles. The Labute approximate surface area is 151 Å². The zero-order valence-electron chi connectivity index (χ0n) is 14.8. The molecule has 0 aromatic heterocycles. The summed E-state index contributed by atoms with van der Waals surface area (Å²) >= 11 is 5.12. The van der Waals surface area contributed by atoms with E-state index in [2.05, 4.69) is 43.2 Å². The van der Waals surface area contributed by atoms with Crippen molar-refractivity contribution in [3.05, 3.63) is 89.0 Å². The first kappa shape index (κ1) is 19.6. The van der Waals surface area contributed by atoms with Crippen LogP contribution in [0.1, 0.15) is 43.0 Å². The van der Waals surface area contributed by atoms with E-state index in [0.717, 1.165) is 16.0 Å². The minimum Gasteiger partial charge on any atom is -0.115 e. The Hall–Kier alpha value is -2.43. The molecule has 0 heterocycles. The summed E-state index contributed by atoms with van der Waals surface area (Å²) in [6, 6.07) is 16.3. The van der Waals surface area contributed by atoms with E-state index in [4.69, 9.17) is 18.6 Å². The van der Waals surface area contributed by atoms with E-state index in [1.165, 1.54) is 16.7 Å². The average molecular weight is 333 g/mol. The molecule has 0 amide bonds. The van der Waals surface area contributed by atoms with Crippen molar-refractivity contribution in [3.8, 4) is 12.3 Å². The van der Waals surface area contributed by atoms with Gasteiger partial charge in [-0.3, -0.25) is 0 Å². The summed E-state index contributed by atoms with van der Waals surface area (Å²) in [5.74, 6) is 2.57. The molecular weight excluding hydrogens is 308 g/mol. The number of allylic oxidation sites excluding steroid dienone is 4. The molecule has 0 saturated carbocycles. The van der Waals surface area contributed by atoms with Crippen molar-refractivity contribution < 1.29 is 0 Å². The van der Waals surface area contributed by atoms with Gasteiger partial charge in [-0.15, -0.1) is 6.42 Å². The third kappa shape index (κ3) is 6.77. The van der Waals surface area contributed by atoms with Gasteiger partial charge in [0.15, 0.2) is 0 Å². The number of thiocarbonyl (C=S) groups is 1. The standard InChI is InChI=1S/C14H16S.C9H8/c1-4-5-6-11(2)13-7-9-14(10-8-13)12(3)15;1-3-9-6-4-5-8(2)7-9/h4-10H,1-3H3;1,4-7H,2H3/b5-4-,11-6+;. The van der Waals surface area contributed by atoms with Gasteiger partial charge in [0, 0.05) is 10.4 Å². The van der Waals surface area contributed by atoms with Crippen LogP contribution in [0.25, 0.3) is 5.57 Å². The first-order valence-electron chi connectivity index (χ1n) is 7.92. The van der Waals surface area contributed by atoms with Crippen LogP contribution >= 0.6 is 12.2 Å². The van der Waals surface area contributed by atoms with Crippen LogP contribution in [0, 0.1) is 19.3 Å². The maximum absolute atomic E-state index is 5.17. The number of aryl methyl sites for hydroxylation is 1. The van der Waals surface area contributed by atoms with Crippen LogP contribution in [-0.2, 0) is 0 Å². The SMILES string of the molecule is C#Cc1cccc(C)c1.C/C=C\C=C(/C)c1ccc(C(C)=S)cc1. The lowest BCUT2D eigenvalue weighted by atomic mass is 10.0. The van der Waals surface area contributed by atoms with Crippen molar-refractivity contribution in [1.29, 1.82) is 0 Å². The van der Waals surface area contributed by atoms with Crippen LogP contribution in [-0.4, -0.2) is 4.86 Å². The van der Waals surface area contributed by atoms with Gasteiger partial charge >= 0.3 is 0 Å². The van der Waals surface area contributed by atoms with Crippen LogP contribution in [0.4, 0.5) is 0 Å². The zero-order valence-corrected chi connectivity index (χ0v) is 15.7. The highest BCUT2D eigenvalue weighted by Gasteiger charge is 1.97. The third-order valence-electron chi connectivity index (χ3n) is 3.47. The van der Waals surface area contributed by atoms with Crippen LogP contribution in [0.15, 0.2) is 66.8 Å². The summed E-state index contributed by atoms with van der Waals surface area (Å²) in [6.45, 7) is 8.11. The van der Waals surface area contributed by atoms with Crippen LogP contribution in [0.5, 0.6) is 0 Å². The van der Waals surface area contributed by atoms with Crippen molar-refractivity contribution >= 4 is 22.7 Å². The van der Waals surface area contributed by atoms with Gasteiger partial charge in [-0.05, 0) is 62.1 Å². The van der Waals surface area contributed by atoms with Gasteiger partial charge in [-0.2, -0.15) is 0 Å². The zero-order chi connectivity index (χ0) is 17.9. The summed E-state index contributed by atoms with van der Waals surface area (Å²) in [6.07, 6.45) is 11.4. The topological polar surface area (TPSA) is 0 Å². The van der Waals surface area contributed by atoms with Crippen molar-refractivity contribution in [1.82, 2.24) is 0 Å². The van der Waals surface area contributed by atoms with Crippen molar-refractivity contribution in [2.24, 2.45) is 0 Å². The average Bonchev–Trinajstić information content (AvgIpc) is 2.60. The lowest BCUT2D eigenvalue weighted by molar-refractivity contribution is 1.46. The number of hydrogen-bond acceptors (Lipinski definition) is 1. The van der Waals surface area contributed by atoms with Gasteiger partial charge in [0.1, 0.15) is 0 Å². The fraction of sp³-hybridized carbons (Fsp3) is 0.174. The van der Waals surface area contributed by atoms with E-state index in [1.807, 2.05) is 57.2 Å². The molecule has 0 N–H and O–H groups in total. The summed E-state index contributed by atoms with van der Waals surface area (Å²) in [7, 11) is 0. The van der Waals surface area contributed by atoms with Crippen LogP contribution in [0.2, 0.25) is 0 Å². The highest BCUT2D eigenvalue weighted by molar-refractivity contribution is 7.80. The second kappa shape index (κ2) is 10.4. The molecule has 0 atom stereocenters. The van der Waals surface area contributed by atoms with E-state index in [9.17, 15) is 0 Å². The smallest absolute Gasteiger partial charge is 0.0245 e. The predicted molar refractivity (Wildman–Crippen MR) is 111 cm³/mol. The first-order chi connectivity index (χ1) is 11.5. The first-order valence-corrected chi connectivity index (χ1v) is 8.33. The molecule has 2 rings (SSSR count). The molecule has 1 heteroatoms. The molecule has 0 fully saturated rings. The molecule has 0 saturated heterocycles. The van der Waals surface area contributed by atoms with Crippen molar-refractivity contribution in [2.75, 3.05) is 0 Å². The largest absolute Gasteiger partial charge is 0.115 e. The molecule has 122 valence electrons. The Bertz CT molecular complexity index is 768. The van der Waals surface area contributed by atoms with Gasteiger partial charge < -0.3 is 0 Å². The molecular formula is C23H24S. The molecule has 0 aliphatic rings. The molecule has 2 aromatic rings. The highest BCUT2D eigenvalue weighted by Crippen LogP contribution is 2.15. The molecule has 0 aliphatic carbocycles. The van der Waals surface area contributed by atoms with Gasteiger partial charge in [0.05, 0.1) is 0 Å². The summed E-state index contributed by atoms with van der Waals surface area (Å²) < 4.78 is 0. The summed E-state index contributed by atoms with van der Waals surface area (Å²) in [5, 5.41) is 0. The van der Waals surface area contributed by atoms with E-state index in [1.54, 1.807) is 0 Å². The van der Waals surface area contributed by atoms with Crippen molar-refractivity contribution in [2.45, 2.75) is 27.7 Å². The molecule has 0 nitrogen and oxygen atoms in total. The number of rotatable bonds is 3. The minimum atomic E-state index is 0.941. The highest BCUT2D eigenvalue weighted by atomic mass is 32.1. The fourth-order valence-corrected chi connectivity index (χ4v) is 2.18. The molecule has 0 bridgehead atoms. The maximum atomic E-state index is 5.17. The van der Waals surface area contributed by atoms with Gasteiger partial charge in [-0.1, -0.05) is 72.8 Å². The lowest BCUT2D eigenvalue weighted by Gasteiger charge is -2.02. The van der Waals surface area contributed by atoms with Crippen LogP contribution in [0.3, 0.4) is 0 Å². The molecule has 0 radical (unpaired) electrons. The Morgan fingerprint density at radius 2 is 1.67 bits per heavy atom. The van der Waals surface area contributed by atoms with Crippen LogP contribution < -0.4 is 0 Å². The van der Waals surface area contributed by atoms with E-state index >= 15 is 0 Å². The molecule has 0 spiro atoms. The molecule has 0 unspecified atom stereocenters. The van der Waals surface area contributed by atoms with E-state index in [0.29, 0.717) is 0 Å². The Kier molecular flexibility index (Phi) is 8.47. The molecule has 2 aromatic carbocycles. The van der Waals surface area contributed by atoms with E-state index < -0.39 is 0 Å². The number of benzene rings is 2. The maximum Gasteiger partial charge on any atom is 0.0245 e.